The van der Waals surface area contributed by atoms with E-state index in [9.17, 15) is 18.8 Å². The zero-order valence-electron chi connectivity index (χ0n) is 20.5. The van der Waals surface area contributed by atoms with E-state index >= 15 is 0 Å². The van der Waals surface area contributed by atoms with E-state index in [2.05, 4.69) is 10.6 Å². The molecule has 1 atom stereocenters. The van der Waals surface area contributed by atoms with Crippen molar-refractivity contribution in [2.24, 2.45) is 0 Å². The Balaban J connectivity index is 1.45. The van der Waals surface area contributed by atoms with Crippen LogP contribution in [0.25, 0.3) is 0 Å². The number of nitrogens with one attached hydrogen (secondary N) is 2. The van der Waals surface area contributed by atoms with Crippen molar-refractivity contribution >= 4 is 40.9 Å². The van der Waals surface area contributed by atoms with Gasteiger partial charge >= 0.3 is 5.97 Å². The summed E-state index contributed by atoms with van der Waals surface area (Å²) in [6.45, 7) is 2.03. The van der Waals surface area contributed by atoms with Gasteiger partial charge in [-0.05, 0) is 85.3 Å². The Kier molecular flexibility index (Phi) is 8.89. The van der Waals surface area contributed by atoms with E-state index in [1.807, 2.05) is 42.5 Å². The van der Waals surface area contributed by atoms with Crippen molar-refractivity contribution in [3.8, 4) is 0 Å². The van der Waals surface area contributed by atoms with Crippen molar-refractivity contribution in [2.75, 3.05) is 17.2 Å². The first-order valence-corrected chi connectivity index (χ1v) is 12.8. The minimum atomic E-state index is -0.555. The van der Waals surface area contributed by atoms with Gasteiger partial charge in [-0.2, -0.15) is 0 Å². The van der Waals surface area contributed by atoms with Gasteiger partial charge < -0.3 is 15.4 Å². The number of ether oxygens (including phenoxy) is 1. The molecule has 0 heterocycles. The monoisotopic (exact) mass is 528 g/mol. The third kappa shape index (κ3) is 7.08. The Bertz CT molecular complexity index is 1390. The standard InChI is InChI=1S/C30H25FN2O4S/c1-2-37-30(36)22-10-14-24(15-11-22)33-29(35)27(20-6-4-3-5-7-20)38-26-18-16-25(17-19-26)32-28(34)21-8-12-23(31)13-9-21/h3-19,27H,2H2,1H3,(H,32,34)(H,33,35). The third-order valence-corrected chi connectivity index (χ3v) is 6.74. The fraction of sp³-hybridized carbons (Fsp3) is 0.100. The molecule has 0 aliphatic carbocycles. The Morgan fingerprint density at radius 3 is 1.97 bits per heavy atom. The predicted molar refractivity (Wildman–Crippen MR) is 147 cm³/mol. The van der Waals surface area contributed by atoms with Gasteiger partial charge in [0.2, 0.25) is 5.91 Å². The van der Waals surface area contributed by atoms with Crippen LogP contribution in [0.1, 0.15) is 38.5 Å². The second-order valence-electron chi connectivity index (χ2n) is 8.18. The van der Waals surface area contributed by atoms with Gasteiger partial charge in [-0.3, -0.25) is 9.59 Å². The number of esters is 1. The quantitative estimate of drug-likeness (QED) is 0.186. The van der Waals surface area contributed by atoms with E-state index in [0.717, 1.165) is 10.5 Å². The second-order valence-corrected chi connectivity index (χ2v) is 9.36. The van der Waals surface area contributed by atoms with E-state index in [4.69, 9.17) is 4.74 Å². The minimum Gasteiger partial charge on any atom is -0.462 e. The van der Waals surface area contributed by atoms with Gasteiger partial charge in [0.15, 0.2) is 0 Å². The van der Waals surface area contributed by atoms with Crippen molar-refractivity contribution < 1.29 is 23.5 Å². The highest BCUT2D eigenvalue weighted by molar-refractivity contribution is 8.00. The summed E-state index contributed by atoms with van der Waals surface area (Å²) in [5.74, 6) is -1.39. The first-order chi connectivity index (χ1) is 18.4. The molecule has 38 heavy (non-hydrogen) atoms. The topological polar surface area (TPSA) is 84.5 Å². The number of hydrogen-bond acceptors (Lipinski definition) is 5. The lowest BCUT2D eigenvalue weighted by molar-refractivity contribution is -0.115. The van der Waals surface area contributed by atoms with Gasteiger partial charge in [0.25, 0.3) is 5.91 Å². The first-order valence-electron chi connectivity index (χ1n) is 11.9. The normalized spacial score (nSPS) is 11.3. The summed E-state index contributed by atoms with van der Waals surface area (Å²) in [7, 11) is 0. The Morgan fingerprint density at radius 2 is 1.34 bits per heavy atom. The molecule has 0 bridgehead atoms. The van der Waals surface area contributed by atoms with Crippen LogP contribution in [-0.4, -0.2) is 24.4 Å². The summed E-state index contributed by atoms with van der Waals surface area (Å²) < 4.78 is 18.1. The summed E-state index contributed by atoms with van der Waals surface area (Å²) in [5, 5.41) is 5.15. The highest BCUT2D eigenvalue weighted by Crippen LogP contribution is 2.36. The lowest BCUT2D eigenvalue weighted by Crippen LogP contribution is -2.19. The molecule has 0 saturated heterocycles. The molecular formula is C30H25FN2O4S. The molecular weight excluding hydrogens is 503 g/mol. The van der Waals surface area contributed by atoms with Gasteiger partial charge in [0.05, 0.1) is 12.2 Å². The summed E-state index contributed by atoms with van der Waals surface area (Å²) in [5.41, 5.74) is 2.72. The van der Waals surface area contributed by atoms with E-state index in [1.54, 1.807) is 43.3 Å². The summed E-state index contributed by atoms with van der Waals surface area (Å²) in [6, 6.07) is 28.4. The molecule has 2 amide bonds. The van der Waals surface area contributed by atoms with E-state index in [-0.39, 0.29) is 18.4 Å². The minimum absolute atomic E-state index is 0.223. The zero-order valence-corrected chi connectivity index (χ0v) is 21.3. The smallest absolute Gasteiger partial charge is 0.338 e. The van der Waals surface area contributed by atoms with Crippen LogP contribution in [0.3, 0.4) is 0 Å². The highest BCUT2D eigenvalue weighted by Gasteiger charge is 2.22. The van der Waals surface area contributed by atoms with Crippen LogP contribution >= 0.6 is 11.8 Å². The number of halogens is 1. The molecule has 2 N–H and O–H groups in total. The number of benzene rings is 4. The fourth-order valence-electron chi connectivity index (χ4n) is 3.57. The Hall–Kier alpha value is -4.43. The first kappa shape index (κ1) is 26.6. The lowest BCUT2D eigenvalue weighted by Gasteiger charge is -2.17. The average molecular weight is 529 g/mol. The number of anilines is 2. The predicted octanol–water partition coefficient (Wildman–Crippen LogP) is 6.73. The van der Waals surface area contributed by atoms with Crippen molar-refractivity contribution in [3.05, 3.63) is 126 Å². The van der Waals surface area contributed by atoms with Crippen LogP contribution in [0.2, 0.25) is 0 Å². The molecule has 192 valence electrons. The largest absolute Gasteiger partial charge is 0.462 e. The maximum absolute atomic E-state index is 13.3. The Labute approximate surface area is 224 Å². The molecule has 8 heteroatoms. The molecule has 4 aromatic rings. The number of hydrogen-bond donors (Lipinski definition) is 2. The zero-order chi connectivity index (χ0) is 26.9. The number of thioether (sulfide) groups is 1. The van der Waals surface area contributed by atoms with Gasteiger partial charge in [0.1, 0.15) is 11.1 Å². The number of rotatable bonds is 9. The molecule has 0 aliphatic heterocycles. The van der Waals surface area contributed by atoms with E-state index in [1.165, 1.54) is 36.0 Å². The van der Waals surface area contributed by atoms with Gasteiger partial charge in [-0.25, -0.2) is 9.18 Å². The SMILES string of the molecule is CCOC(=O)c1ccc(NC(=O)C(Sc2ccc(NC(=O)c3ccc(F)cc3)cc2)c2ccccc2)cc1. The second kappa shape index (κ2) is 12.7. The number of amides is 2. The van der Waals surface area contributed by atoms with Crippen molar-refractivity contribution in [3.63, 3.8) is 0 Å². The van der Waals surface area contributed by atoms with Crippen molar-refractivity contribution in [1.29, 1.82) is 0 Å². The summed E-state index contributed by atoms with van der Waals surface area (Å²) >= 11 is 1.37. The number of carbonyl (C=O) groups excluding carboxylic acids is 3. The molecule has 0 radical (unpaired) electrons. The van der Waals surface area contributed by atoms with Gasteiger partial charge in [-0.15, -0.1) is 11.8 Å². The maximum atomic E-state index is 13.3. The molecule has 0 fully saturated rings. The van der Waals surface area contributed by atoms with E-state index in [0.29, 0.717) is 22.5 Å². The van der Waals surface area contributed by atoms with Crippen molar-refractivity contribution in [1.82, 2.24) is 0 Å². The van der Waals surface area contributed by atoms with Crippen LogP contribution in [-0.2, 0) is 9.53 Å². The molecule has 0 aromatic heterocycles. The molecule has 0 aliphatic rings. The van der Waals surface area contributed by atoms with Crippen LogP contribution in [0.15, 0.2) is 108 Å². The Morgan fingerprint density at radius 1 is 0.763 bits per heavy atom. The molecule has 4 aromatic carbocycles. The molecule has 4 rings (SSSR count). The lowest BCUT2D eigenvalue weighted by atomic mass is 10.1. The molecule has 1 unspecified atom stereocenters. The van der Waals surface area contributed by atoms with Crippen LogP contribution in [0.4, 0.5) is 15.8 Å². The van der Waals surface area contributed by atoms with Crippen LogP contribution in [0.5, 0.6) is 0 Å². The average Bonchev–Trinajstić information content (AvgIpc) is 2.94. The number of carbonyl (C=O) groups is 3. The molecule has 6 nitrogen and oxygen atoms in total. The summed E-state index contributed by atoms with van der Waals surface area (Å²) in [6.07, 6.45) is 0. The van der Waals surface area contributed by atoms with Crippen molar-refractivity contribution in [2.45, 2.75) is 17.1 Å². The van der Waals surface area contributed by atoms with Gasteiger partial charge in [-0.1, -0.05) is 30.3 Å². The summed E-state index contributed by atoms with van der Waals surface area (Å²) in [4.78, 5) is 38.5. The molecule has 0 saturated carbocycles. The molecule has 0 spiro atoms. The van der Waals surface area contributed by atoms with Crippen LogP contribution in [0, 0.1) is 5.82 Å². The fourth-order valence-corrected chi connectivity index (χ4v) is 4.59. The highest BCUT2D eigenvalue weighted by atomic mass is 32.2. The third-order valence-electron chi connectivity index (χ3n) is 5.48. The van der Waals surface area contributed by atoms with E-state index < -0.39 is 17.0 Å². The maximum Gasteiger partial charge on any atom is 0.338 e. The van der Waals surface area contributed by atoms with Gasteiger partial charge in [0, 0.05) is 21.8 Å². The van der Waals surface area contributed by atoms with Crippen LogP contribution < -0.4 is 10.6 Å².